The first-order valence-corrected chi connectivity index (χ1v) is 5.37. The standard InChI is InChI=1S/C12H17N3O/c1-10(15-7-4-3-6-13)11-5-8-14-9-12(11)16-2/h5,8-10,15H,3-4,7H2,1-2H3/t10-/m1/s1. The Kier molecular flexibility index (Phi) is 5.30. The van der Waals surface area contributed by atoms with Crippen molar-refractivity contribution < 1.29 is 4.74 Å². The minimum Gasteiger partial charge on any atom is -0.495 e. The van der Waals surface area contributed by atoms with Crippen molar-refractivity contribution >= 4 is 0 Å². The largest absolute Gasteiger partial charge is 0.495 e. The van der Waals surface area contributed by atoms with E-state index >= 15 is 0 Å². The van der Waals surface area contributed by atoms with E-state index in [0.717, 1.165) is 24.3 Å². The molecule has 1 rings (SSSR count). The van der Waals surface area contributed by atoms with Crippen LogP contribution in [0.2, 0.25) is 0 Å². The third kappa shape index (κ3) is 3.52. The monoisotopic (exact) mass is 219 g/mol. The van der Waals surface area contributed by atoms with Crippen LogP contribution >= 0.6 is 0 Å². The minimum atomic E-state index is 0.205. The van der Waals surface area contributed by atoms with Crippen LogP contribution in [-0.2, 0) is 0 Å². The summed E-state index contributed by atoms with van der Waals surface area (Å²) < 4.78 is 5.24. The van der Waals surface area contributed by atoms with Gasteiger partial charge in [-0.2, -0.15) is 5.26 Å². The number of ether oxygens (including phenoxy) is 1. The number of rotatable bonds is 6. The maximum atomic E-state index is 8.42. The fourth-order valence-electron chi connectivity index (χ4n) is 1.51. The first-order valence-electron chi connectivity index (χ1n) is 5.37. The summed E-state index contributed by atoms with van der Waals surface area (Å²) in [6.45, 7) is 2.91. The van der Waals surface area contributed by atoms with Gasteiger partial charge in [0.05, 0.1) is 19.4 Å². The third-order valence-electron chi connectivity index (χ3n) is 2.42. The summed E-state index contributed by atoms with van der Waals surface area (Å²) in [5, 5.41) is 11.8. The Morgan fingerprint density at radius 1 is 1.62 bits per heavy atom. The number of nitrogens with zero attached hydrogens (tertiary/aromatic N) is 2. The average Bonchev–Trinajstić information content (AvgIpc) is 2.34. The molecule has 1 aromatic heterocycles. The number of nitriles is 1. The van der Waals surface area contributed by atoms with Gasteiger partial charge in [0.2, 0.25) is 0 Å². The van der Waals surface area contributed by atoms with Gasteiger partial charge in [0.25, 0.3) is 0 Å². The van der Waals surface area contributed by atoms with E-state index in [-0.39, 0.29) is 6.04 Å². The summed E-state index contributed by atoms with van der Waals surface area (Å²) in [5.41, 5.74) is 1.09. The molecule has 4 heteroatoms. The molecule has 86 valence electrons. The summed E-state index contributed by atoms with van der Waals surface area (Å²) in [7, 11) is 1.64. The fourth-order valence-corrected chi connectivity index (χ4v) is 1.51. The van der Waals surface area contributed by atoms with E-state index in [2.05, 4.69) is 23.3 Å². The molecule has 4 nitrogen and oxygen atoms in total. The van der Waals surface area contributed by atoms with E-state index < -0.39 is 0 Å². The van der Waals surface area contributed by atoms with Gasteiger partial charge in [-0.05, 0) is 26.0 Å². The summed E-state index contributed by atoms with van der Waals surface area (Å²) >= 11 is 0. The topological polar surface area (TPSA) is 57.9 Å². The van der Waals surface area contributed by atoms with Crippen molar-refractivity contribution in [3.05, 3.63) is 24.0 Å². The van der Waals surface area contributed by atoms with Crippen molar-refractivity contribution in [2.24, 2.45) is 0 Å². The Morgan fingerprint density at radius 3 is 3.12 bits per heavy atom. The smallest absolute Gasteiger partial charge is 0.141 e. The molecular formula is C12H17N3O. The number of pyridine rings is 1. The van der Waals surface area contributed by atoms with Crippen LogP contribution in [0, 0.1) is 11.3 Å². The highest BCUT2D eigenvalue weighted by molar-refractivity contribution is 5.32. The second kappa shape index (κ2) is 6.81. The van der Waals surface area contributed by atoms with Crippen molar-refractivity contribution in [2.45, 2.75) is 25.8 Å². The highest BCUT2D eigenvalue weighted by Crippen LogP contribution is 2.22. The molecule has 0 unspecified atom stereocenters. The van der Waals surface area contributed by atoms with E-state index in [1.807, 2.05) is 6.07 Å². The highest BCUT2D eigenvalue weighted by Gasteiger charge is 2.09. The van der Waals surface area contributed by atoms with E-state index in [4.69, 9.17) is 10.00 Å². The molecule has 0 fully saturated rings. The second-order valence-corrected chi connectivity index (χ2v) is 3.56. The van der Waals surface area contributed by atoms with E-state index in [1.165, 1.54) is 0 Å². The molecular weight excluding hydrogens is 202 g/mol. The van der Waals surface area contributed by atoms with Gasteiger partial charge in [0.1, 0.15) is 5.75 Å². The SMILES string of the molecule is COc1cnccc1[C@@H](C)NCCCC#N. The van der Waals surface area contributed by atoms with Crippen LogP contribution < -0.4 is 10.1 Å². The first kappa shape index (κ1) is 12.5. The quantitative estimate of drug-likeness (QED) is 0.744. The molecule has 0 aliphatic carbocycles. The number of aromatic nitrogens is 1. The van der Waals surface area contributed by atoms with Crippen LogP contribution in [0.4, 0.5) is 0 Å². The number of hydrogen-bond acceptors (Lipinski definition) is 4. The van der Waals surface area contributed by atoms with Gasteiger partial charge in [-0.3, -0.25) is 4.98 Å². The Labute approximate surface area is 96.3 Å². The molecule has 0 aliphatic rings. The van der Waals surface area contributed by atoms with Crippen LogP contribution in [-0.4, -0.2) is 18.6 Å². The van der Waals surface area contributed by atoms with Crippen molar-refractivity contribution in [3.63, 3.8) is 0 Å². The van der Waals surface area contributed by atoms with E-state index in [0.29, 0.717) is 6.42 Å². The van der Waals surface area contributed by atoms with Gasteiger partial charge in [-0.25, -0.2) is 0 Å². The number of hydrogen-bond donors (Lipinski definition) is 1. The predicted octanol–water partition coefficient (Wildman–Crippen LogP) is 2.04. The highest BCUT2D eigenvalue weighted by atomic mass is 16.5. The van der Waals surface area contributed by atoms with Crippen molar-refractivity contribution in [1.29, 1.82) is 5.26 Å². The molecule has 16 heavy (non-hydrogen) atoms. The molecule has 0 bridgehead atoms. The van der Waals surface area contributed by atoms with Gasteiger partial charge in [-0.15, -0.1) is 0 Å². The van der Waals surface area contributed by atoms with Crippen LogP contribution in [0.25, 0.3) is 0 Å². The number of unbranched alkanes of at least 4 members (excludes halogenated alkanes) is 1. The second-order valence-electron chi connectivity index (χ2n) is 3.56. The normalized spacial score (nSPS) is 11.8. The summed E-state index contributed by atoms with van der Waals surface area (Å²) in [5.74, 6) is 0.794. The van der Waals surface area contributed by atoms with Gasteiger partial charge in [0, 0.05) is 24.2 Å². The van der Waals surface area contributed by atoms with E-state index in [1.54, 1.807) is 19.5 Å². The van der Waals surface area contributed by atoms with Crippen molar-refractivity contribution in [2.75, 3.05) is 13.7 Å². The lowest BCUT2D eigenvalue weighted by Crippen LogP contribution is -2.20. The maximum Gasteiger partial charge on any atom is 0.141 e. The maximum absolute atomic E-state index is 8.42. The van der Waals surface area contributed by atoms with Crippen molar-refractivity contribution in [1.82, 2.24) is 10.3 Å². The molecule has 0 aliphatic heterocycles. The lowest BCUT2D eigenvalue weighted by Gasteiger charge is -2.16. The molecule has 0 saturated carbocycles. The van der Waals surface area contributed by atoms with E-state index in [9.17, 15) is 0 Å². The number of nitrogens with one attached hydrogen (secondary N) is 1. The molecule has 1 N–H and O–H groups in total. The predicted molar refractivity (Wildman–Crippen MR) is 62.1 cm³/mol. The minimum absolute atomic E-state index is 0.205. The lowest BCUT2D eigenvalue weighted by molar-refractivity contribution is 0.399. The lowest BCUT2D eigenvalue weighted by atomic mass is 10.1. The molecule has 0 spiro atoms. The van der Waals surface area contributed by atoms with Crippen LogP contribution in [0.15, 0.2) is 18.5 Å². The molecule has 0 radical (unpaired) electrons. The Hall–Kier alpha value is -1.60. The van der Waals surface area contributed by atoms with Crippen molar-refractivity contribution in [3.8, 4) is 11.8 Å². The van der Waals surface area contributed by atoms with Crippen LogP contribution in [0.3, 0.4) is 0 Å². The molecule has 1 aromatic rings. The molecule has 0 saturated heterocycles. The Balaban J connectivity index is 2.52. The van der Waals surface area contributed by atoms with Crippen LogP contribution in [0.1, 0.15) is 31.4 Å². The Bertz CT molecular complexity index is 360. The summed E-state index contributed by atoms with van der Waals surface area (Å²) in [6.07, 6.45) is 4.93. The molecule has 0 amide bonds. The molecule has 0 aromatic carbocycles. The van der Waals surface area contributed by atoms with Crippen LogP contribution in [0.5, 0.6) is 5.75 Å². The third-order valence-corrected chi connectivity index (χ3v) is 2.42. The summed E-state index contributed by atoms with van der Waals surface area (Å²) in [6, 6.07) is 4.28. The van der Waals surface area contributed by atoms with Gasteiger partial charge in [0.15, 0.2) is 0 Å². The van der Waals surface area contributed by atoms with Gasteiger partial charge in [-0.1, -0.05) is 0 Å². The van der Waals surface area contributed by atoms with Gasteiger partial charge >= 0.3 is 0 Å². The zero-order valence-corrected chi connectivity index (χ0v) is 9.73. The average molecular weight is 219 g/mol. The Morgan fingerprint density at radius 2 is 2.44 bits per heavy atom. The molecule has 1 atom stereocenters. The zero-order valence-electron chi connectivity index (χ0n) is 9.73. The fraction of sp³-hybridized carbons (Fsp3) is 0.500. The number of methoxy groups -OCH3 is 1. The first-order chi connectivity index (χ1) is 7.79. The summed E-state index contributed by atoms with van der Waals surface area (Å²) in [4.78, 5) is 4.01. The zero-order chi connectivity index (χ0) is 11.8. The van der Waals surface area contributed by atoms with Gasteiger partial charge < -0.3 is 10.1 Å². The molecule has 1 heterocycles.